The van der Waals surface area contributed by atoms with E-state index in [1.165, 1.54) is 29.1 Å². The van der Waals surface area contributed by atoms with Gasteiger partial charge in [-0.1, -0.05) is 15.9 Å². The SMILES string of the molecule is O=C(Nc1c(Br)cc(Br)cc1C(=O)O)c1cncs1. The Morgan fingerprint density at radius 3 is 2.63 bits per heavy atom. The lowest BCUT2D eigenvalue weighted by Gasteiger charge is -2.10. The van der Waals surface area contributed by atoms with E-state index in [0.717, 1.165) is 0 Å². The van der Waals surface area contributed by atoms with Crippen molar-refractivity contribution in [1.29, 1.82) is 0 Å². The van der Waals surface area contributed by atoms with Crippen molar-refractivity contribution < 1.29 is 14.7 Å². The number of carboxylic acid groups (broad SMARTS) is 1. The quantitative estimate of drug-likeness (QED) is 0.817. The first kappa shape index (κ1) is 14.2. The number of halogens is 2. The van der Waals surface area contributed by atoms with E-state index < -0.39 is 11.9 Å². The predicted octanol–water partition coefficient (Wildman–Crippen LogP) is 3.62. The molecular formula is C11H6Br2N2O3S. The van der Waals surface area contributed by atoms with Gasteiger partial charge in [-0.3, -0.25) is 9.78 Å². The van der Waals surface area contributed by atoms with Gasteiger partial charge in [-0.05, 0) is 28.1 Å². The van der Waals surface area contributed by atoms with Crippen LogP contribution in [0.25, 0.3) is 0 Å². The molecule has 0 unspecified atom stereocenters. The lowest BCUT2D eigenvalue weighted by Crippen LogP contribution is -2.14. The molecule has 0 saturated heterocycles. The summed E-state index contributed by atoms with van der Waals surface area (Å²) < 4.78 is 1.09. The molecule has 0 fully saturated rings. The topological polar surface area (TPSA) is 79.3 Å². The van der Waals surface area contributed by atoms with E-state index in [9.17, 15) is 9.59 Å². The van der Waals surface area contributed by atoms with Crippen LogP contribution in [0.4, 0.5) is 5.69 Å². The van der Waals surface area contributed by atoms with E-state index in [-0.39, 0.29) is 11.3 Å². The van der Waals surface area contributed by atoms with Crippen LogP contribution in [-0.4, -0.2) is 22.0 Å². The van der Waals surface area contributed by atoms with Gasteiger partial charge in [0.1, 0.15) is 4.88 Å². The fraction of sp³-hybridized carbons (Fsp3) is 0. The summed E-state index contributed by atoms with van der Waals surface area (Å²) in [7, 11) is 0. The maximum Gasteiger partial charge on any atom is 0.337 e. The molecule has 2 N–H and O–H groups in total. The number of carboxylic acids is 1. The number of hydrogen-bond donors (Lipinski definition) is 2. The summed E-state index contributed by atoms with van der Waals surface area (Å²) in [6, 6.07) is 3.09. The maximum absolute atomic E-state index is 11.9. The van der Waals surface area contributed by atoms with Crippen LogP contribution in [-0.2, 0) is 0 Å². The molecule has 0 atom stereocenters. The van der Waals surface area contributed by atoms with Gasteiger partial charge < -0.3 is 10.4 Å². The fourth-order valence-electron chi connectivity index (χ4n) is 1.37. The van der Waals surface area contributed by atoms with Crippen LogP contribution in [0.2, 0.25) is 0 Å². The summed E-state index contributed by atoms with van der Waals surface area (Å²) in [5, 5.41) is 11.7. The maximum atomic E-state index is 11.9. The van der Waals surface area contributed by atoms with Gasteiger partial charge in [-0.25, -0.2) is 4.79 Å². The molecule has 0 aliphatic carbocycles. The van der Waals surface area contributed by atoms with E-state index in [0.29, 0.717) is 13.8 Å². The first-order valence-corrected chi connectivity index (χ1v) is 7.38. The smallest absolute Gasteiger partial charge is 0.337 e. The van der Waals surface area contributed by atoms with E-state index in [1.54, 1.807) is 6.07 Å². The Balaban J connectivity index is 2.39. The third-order valence-electron chi connectivity index (χ3n) is 2.18. The molecule has 98 valence electrons. The number of amides is 1. The van der Waals surface area contributed by atoms with Gasteiger partial charge in [0.15, 0.2) is 0 Å². The average molecular weight is 406 g/mol. The summed E-state index contributed by atoms with van der Waals surface area (Å²) in [4.78, 5) is 27.3. The second-order valence-corrected chi connectivity index (χ2v) is 6.09. The second-order valence-electron chi connectivity index (χ2n) is 3.44. The molecule has 0 aliphatic rings. The Bertz CT molecular complexity index is 644. The molecule has 0 spiro atoms. The predicted molar refractivity (Wildman–Crippen MR) is 78.9 cm³/mol. The van der Waals surface area contributed by atoms with Crippen molar-refractivity contribution in [3.05, 3.63) is 43.2 Å². The number of nitrogens with zero attached hydrogens (tertiary/aromatic N) is 1. The third-order valence-corrected chi connectivity index (χ3v) is 4.04. The van der Waals surface area contributed by atoms with Gasteiger partial charge in [0, 0.05) is 8.95 Å². The molecule has 1 aromatic carbocycles. The zero-order valence-corrected chi connectivity index (χ0v) is 13.2. The van der Waals surface area contributed by atoms with Crippen LogP contribution in [0, 0.1) is 0 Å². The molecule has 1 aromatic heterocycles. The number of hydrogen-bond acceptors (Lipinski definition) is 4. The molecule has 0 aliphatic heterocycles. The minimum atomic E-state index is -1.12. The van der Waals surface area contributed by atoms with Gasteiger partial charge in [-0.15, -0.1) is 11.3 Å². The standard InChI is InChI=1S/C11H6Br2N2O3S/c12-5-1-6(11(17)18)9(7(13)2-5)15-10(16)8-3-14-4-19-8/h1-4H,(H,15,16)(H,17,18). The first-order valence-electron chi connectivity index (χ1n) is 4.91. The largest absolute Gasteiger partial charge is 0.478 e. The molecule has 0 radical (unpaired) electrons. The number of anilines is 1. The number of aromatic carboxylic acids is 1. The average Bonchev–Trinajstić information content (AvgIpc) is 2.85. The number of nitrogens with one attached hydrogen (secondary N) is 1. The number of carbonyl (C=O) groups excluding carboxylic acids is 1. The number of aromatic nitrogens is 1. The van der Waals surface area contributed by atoms with Crippen molar-refractivity contribution in [2.24, 2.45) is 0 Å². The van der Waals surface area contributed by atoms with Gasteiger partial charge in [-0.2, -0.15) is 0 Å². The molecular weight excluding hydrogens is 400 g/mol. The van der Waals surface area contributed by atoms with Gasteiger partial charge in [0.2, 0.25) is 0 Å². The molecule has 2 rings (SSSR count). The van der Waals surface area contributed by atoms with Crippen molar-refractivity contribution in [1.82, 2.24) is 4.98 Å². The lowest BCUT2D eigenvalue weighted by molar-refractivity contribution is 0.0698. The minimum Gasteiger partial charge on any atom is -0.478 e. The van der Waals surface area contributed by atoms with E-state index in [2.05, 4.69) is 42.2 Å². The Hall–Kier alpha value is -1.25. The Labute approximate surface area is 128 Å². The van der Waals surface area contributed by atoms with E-state index in [4.69, 9.17) is 5.11 Å². The van der Waals surface area contributed by atoms with Gasteiger partial charge >= 0.3 is 5.97 Å². The highest BCUT2D eigenvalue weighted by atomic mass is 79.9. The van der Waals surface area contributed by atoms with E-state index >= 15 is 0 Å². The van der Waals surface area contributed by atoms with Crippen LogP contribution in [0.1, 0.15) is 20.0 Å². The van der Waals surface area contributed by atoms with Gasteiger partial charge in [0.05, 0.1) is 23.0 Å². The van der Waals surface area contributed by atoms with Gasteiger partial charge in [0.25, 0.3) is 5.91 Å². The summed E-state index contributed by atoms with van der Waals surface area (Å²) in [5.41, 5.74) is 1.75. The summed E-state index contributed by atoms with van der Waals surface area (Å²) in [5.74, 6) is -1.52. The highest BCUT2D eigenvalue weighted by Crippen LogP contribution is 2.31. The van der Waals surface area contributed by atoms with Crippen molar-refractivity contribution >= 4 is 60.8 Å². The van der Waals surface area contributed by atoms with Crippen LogP contribution >= 0.6 is 43.2 Å². The molecule has 8 heteroatoms. The summed E-state index contributed by atoms with van der Waals surface area (Å²) in [6.07, 6.45) is 1.42. The number of benzene rings is 1. The van der Waals surface area contributed by atoms with Crippen molar-refractivity contribution in [3.63, 3.8) is 0 Å². The Kier molecular flexibility index (Phi) is 4.33. The Morgan fingerprint density at radius 1 is 1.32 bits per heavy atom. The van der Waals surface area contributed by atoms with Crippen LogP contribution in [0.3, 0.4) is 0 Å². The molecule has 1 heterocycles. The Morgan fingerprint density at radius 2 is 2.05 bits per heavy atom. The monoisotopic (exact) mass is 404 g/mol. The molecule has 5 nitrogen and oxygen atoms in total. The zero-order valence-electron chi connectivity index (χ0n) is 9.18. The highest BCUT2D eigenvalue weighted by Gasteiger charge is 2.18. The number of thiazole rings is 1. The van der Waals surface area contributed by atoms with Crippen LogP contribution < -0.4 is 5.32 Å². The number of rotatable bonds is 3. The fourth-order valence-corrected chi connectivity index (χ4v) is 3.21. The first-order chi connectivity index (χ1) is 8.99. The zero-order chi connectivity index (χ0) is 14.0. The molecule has 2 aromatic rings. The highest BCUT2D eigenvalue weighted by molar-refractivity contribution is 9.11. The lowest BCUT2D eigenvalue weighted by atomic mass is 10.2. The van der Waals surface area contributed by atoms with Crippen LogP contribution in [0.5, 0.6) is 0 Å². The summed E-state index contributed by atoms with van der Waals surface area (Å²) >= 11 is 7.62. The summed E-state index contributed by atoms with van der Waals surface area (Å²) in [6.45, 7) is 0. The minimum absolute atomic E-state index is 0.000819. The molecule has 1 amide bonds. The van der Waals surface area contributed by atoms with Crippen molar-refractivity contribution in [2.75, 3.05) is 5.32 Å². The molecule has 0 saturated carbocycles. The second kappa shape index (κ2) is 5.81. The number of carbonyl (C=O) groups is 2. The third kappa shape index (κ3) is 3.20. The van der Waals surface area contributed by atoms with Crippen molar-refractivity contribution in [3.8, 4) is 0 Å². The van der Waals surface area contributed by atoms with E-state index in [1.807, 2.05) is 0 Å². The normalized spacial score (nSPS) is 10.2. The molecule has 0 bridgehead atoms. The van der Waals surface area contributed by atoms with Crippen LogP contribution in [0.15, 0.2) is 32.8 Å². The van der Waals surface area contributed by atoms with Crippen molar-refractivity contribution in [2.45, 2.75) is 0 Å². The molecule has 19 heavy (non-hydrogen) atoms.